The Bertz CT molecular complexity index is 903. The summed E-state index contributed by atoms with van der Waals surface area (Å²) in [6, 6.07) is 0. The minimum absolute atomic E-state index is 0.701. The Morgan fingerprint density at radius 2 is 1.88 bits per heavy atom. The van der Waals surface area contributed by atoms with Gasteiger partial charge in [-0.15, -0.1) is 11.3 Å². The maximum atomic E-state index is 4.98. The van der Waals surface area contributed by atoms with E-state index in [1.807, 2.05) is 23.1 Å². The molecule has 25 heavy (non-hydrogen) atoms. The first-order chi connectivity index (χ1) is 12.4. The van der Waals surface area contributed by atoms with Crippen molar-refractivity contribution in [2.45, 2.75) is 25.7 Å². The molecule has 4 heterocycles. The fourth-order valence-corrected chi connectivity index (χ4v) is 5.83. The van der Waals surface area contributed by atoms with Crippen molar-refractivity contribution in [1.29, 1.82) is 0 Å². The van der Waals surface area contributed by atoms with Gasteiger partial charge in [-0.1, -0.05) is 0 Å². The Morgan fingerprint density at radius 1 is 1.00 bits per heavy atom. The van der Waals surface area contributed by atoms with E-state index in [4.69, 9.17) is 9.97 Å². The highest BCUT2D eigenvalue weighted by molar-refractivity contribution is 7.99. The summed E-state index contributed by atoms with van der Waals surface area (Å²) in [6.45, 7) is 2.11. The highest BCUT2D eigenvalue weighted by Gasteiger charge is 2.25. The van der Waals surface area contributed by atoms with Crippen LogP contribution in [0.1, 0.15) is 23.3 Å². The third kappa shape index (κ3) is 2.79. The molecule has 0 saturated carbocycles. The Labute approximate surface area is 154 Å². The van der Waals surface area contributed by atoms with E-state index >= 15 is 0 Å². The van der Waals surface area contributed by atoms with Gasteiger partial charge in [0.25, 0.3) is 0 Å². The van der Waals surface area contributed by atoms with Gasteiger partial charge in [0, 0.05) is 41.9 Å². The van der Waals surface area contributed by atoms with Gasteiger partial charge in [-0.2, -0.15) is 11.8 Å². The number of hydrogen-bond acceptors (Lipinski definition) is 7. The smallest absolute Gasteiger partial charge is 0.183 e. The van der Waals surface area contributed by atoms with E-state index in [0.717, 1.165) is 40.9 Å². The molecule has 0 amide bonds. The highest BCUT2D eigenvalue weighted by atomic mass is 32.2. The Morgan fingerprint density at radius 3 is 2.72 bits per heavy atom. The van der Waals surface area contributed by atoms with Crippen molar-refractivity contribution in [2.24, 2.45) is 0 Å². The van der Waals surface area contributed by atoms with Gasteiger partial charge in [-0.25, -0.2) is 15.0 Å². The van der Waals surface area contributed by atoms with Crippen LogP contribution in [0.5, 0.6) is 0 Å². The third-order valence-corrected chi connectivity index (χ3v) is 7.03. The minimum Gasteiger partial charge on any atom is -0.354 e. The summed E-state index contributed by atoms with van der Waals surface area (Å²) in [6.07, 6.45) is 10.1. The van der Waals surface area contributed by atoms with Crippen molar-refractivity contribution >= 4 is 39.1 Å². The van der Waals surface area contributed by atoms with Crippen LogP contribution in [0.3, 0.4) is 0 Å². The molecule has 1 saturated heterocycles. The molecule has 0 aromatic carbocycles. The summed E-state index contributed by atoms with van der Waals surface area (Å²) in [5.74, 6) is 4.15. The lowest BCUT2D eigenvalue weighted by molar-refractivity contribution is 0.700. The number of aryl methyl sites for hydroxylation is 2. The number of thiophene rings is 1. The first kappa shape index (κ1) is 15.5. The summed E-state index contributed by atoms with van der Waals surface area (Å²) in [5.41, 5.74) is 2.26. The standard InChI is InChI=1S/C18H19N5S2/c1-2-4-14-12(3-1)15-17(23-7-9-24-10-8-23)21-16(22-18(15)25-14)13-11-19-5-6-20-13/h5-6,11H,1-4,7-10H2. The quantitative estimate of drug-likeness (QED) is 0.688. The third-order valence-electron chi connectivity index (χ3n) is 4.90. The molecule has 0 atom stereocenters. The lowest BCUT2D eigenvalue weighted by Gasteiger charge is -2.28. The average Bonchev–Trinajstić information content (AvgIpc) is 3.07. The van der Waals surface area contributed by atoms with Gasteiger partial charge in [-0.3, -0.25) is 4.98 Å². The molecule has 0 radical (unpaired) electrons. The van der Waals surface area contributed by atoms with Gasteiger partial charge >= 0.3 is 0 Å². The van der Waals surface area contributed by atoms with Crippen LogP contribution in [0.15, 0.2) is 18.6 Å². The Kier molecular flexibility index (Phi) is 4.06. The molecule has 1 aliphatic heterocycles. The van der Waals surface area contributed by atoms with Crippen LogP contribution in [0.2, 0.25) is 0 Å². The number of thioether (sulfide) groups is 1. The molecule has 5 rings (SSSR count). The monoisotopic (exact) mass is 369 g/mol. The number of rotatable bonds is 2. The largest absolute Gasteiger partial charge is 0.354 e. The molecule has 3 aromatic rings. The molecule has 1 fully saturated rings. The SMILES string of the molecule is c1cnc(-c2nc(N3CCSCC3)c3c4c(sc3n2)CCCC4)cn1. The van der Waals surface area contributed by atoms with Crippen LogP contribution < -0.4 is 4.90 Å². The molecular weight excluding hydrogens is 350 g/mol. The molecular formula is C18H19N5S2. The van der Waals surface area contributed by atoms with Gasteiger partial charge < -0.3 is 4.90 Å². The van der Waals surface area contributed by atoms with Gasteiger partial charge in [0.1, 0.15) is 16.3 Å². The molecule has 0 bridgehead atoms. The molecule has 0 unspecified atom stereocenters. The number of anilines is 1. The van der Waals surface area contributed by atoms with E-state index in [-0.39, 0.29) is 0 Å². The van der Waals surface area contributed by atoms with Gasteiger partial charge in [0.2, 0.25) is 0 Å². The number of nitrogens with zero attached hydrogens (tertiary/aromatic N) is 5. The maximum absolute atomic E-state index is 4.98. The molecule has 0 spiro atoms. The second-order valence-corrected chi connectivity index (χ2v) is 8.76. The zero-order valence-electron chi connectivity index (χ0n) is 13.9. The summed E-state index contributed by atoms with van der Waals surface area (Å²) >= 11 is 3.88. The number of hydrogen-bond donors (Lipinski definition) is 0. The highest BCUT2D eigenvalue weighted by Crippen LogP contribution is 2.41. The van der Waals surface area contributed by atoms with Crippen molar-refractivity contribution < 1.29 is 0 Å². The van der Waals surface area contributed by atoms with Crippen molar-refractivity contribution in [3.05, 3.63) is 29.0 Å². The van der Waals surface area contributed by atoms with Crippen molar-refractivity contribution in [3.8, 4) is 11.5 Å². The van der Waals surface area contributed by atoms with Crippen molar-refractivity contribution in [2.75, 3.05) is 29.5 Å². The van der Waals surface area contributed by atoms with E-state index < -0.39 is 0 Å². The van der Waals surface area contributed by atoms with E-state index in [9.17, 15) is 0 Å². The fraction of sp³-hybridized carbons (Fsp3) is 0.444. The van der Waals surface area contributed by atoms with E-state index in [1.165, 1.54) is 41.5 Å². The van der Waals surface area contributed by atoms with Gasteiger partial charge in [0.15, 0.2) is 5.82 Å². The van der Waals surface area contributed by atoms with Crippen LogP contribution in [-0.2, 0) is 12.8 Å². The predicted molar refractivity (Wildman–Crippen MR) is 105 cm³/mol. The van der Waals surface area contributed by atoms with E-state index in [2.05, 4.69) is 14.9 Å². The van der Waals surface area contributed by atoms with Crippen LogP contribution in [-0.4, -0.2) is 44.5 Å². The summed E-state index contributed by atoms with van der Waals surface area (Å²) in [7, 11) is 0. The molecule has 2 aliphatic rings. The second kappa shape index (κ2) is 6.53. The summed E-state index contributed by atoms with van der Waals surface area (Å²) in [5, 5.41) is 1.30. The lowest BCUT2D eigenvalue weighted by Crippen LogP contribution is -2.33. The average molecular weight is 370 g/mol. The van der Waals surface area contributed by atoms with Crippen LogP contribution >= 0.6 is 23.1 Å². The minimum atomic E-state index is 0.701. The summed E-state index contributed by atoms with van der Waals surface area (Å²) < 4.78 is 0. The topological polar surface area (TPSA) is 54.8 Å². The molecule has 1 aliphatic carbocycles. The normalized spacial score (nSPS) is 17.7. The molecule has 3 aromatic heterocycles. The molecule has 0 N–H and O–H groups in total. The molecule has 128 valence electrons. The van der Waals surface area contributed by atoms with Crippen molar-refractivity contribution in [3.63, 3.8) is 0 Å². The zero-order valence-corrected chi connectivity index (χ0v) is 15.6. The van der Waals surface area contributed by atoms with Gasteiger partial charge in [0.05, 0.1) is 11.6 Å². The number of aromatic nitrogens is 4. The Balaban J connectivity index is 1.73. The van der Waals surface area contributed by atoms with Gasteiger partial charge in [-0.05, 0) is 31.2 Å². The summed E-state index contributed by atoms with van der Waals surface area (Å²) in [4.78, 5) is 23.6. The van der Waals surface area contributed by atoms with E-state index in [0.29, 0.717) is 5.82 Å². The Hall–Kier alpha value is -1.73. The van der Waals surface area contributed by atoms with Crippen LogP contribution in [0.4, 0.5) is 5.82 Å². The molecule has 5 nitrogen and oxygen atoms in total. The zero-order chi connectivity index (χ0) is 16.6. The number of fused-ring (bicyclic) bond motifs is 3. The second-order valence-electron chi connectivity index (χ2n) is 6.45. The molecule has 7 heteroatoms. The van der Waals surface area contributed by atoms with Crippen molar-refractivity contribution in [1.82, 2.24) is 19.9 Å². The predicted octanol–water partition coefficient (Wildman–Crippen LogP) is 3.58. The van der Waals surface area contributed by atoms with Crippen LogP contribution in [0, 0.1) is 0 Å². The van der Waals surface area contributed by atoms with Crippen LogP contribution in [0.25, 0.3) is 21.7 Å². The fourth-order valence-electron chi connectivity index (χ4n) is 3.67. The first-order valence-electron chi connectivity index (χ1n) is 8.81. The first-order valence-corrected chi connectivity index (χ1v) is 10.8. The maximum Gasteiger partial charge on any atom is 0.183 e. The van der Waals surface area contributed by atoms with E-state index in [1.54, 1.807) is 18.6 Å². The lowest BCUT2D eigenvalue weighted by atomic mass is 9.97.